The van der Waals surface area contributed by atoms with Crippen molar-refractivity contribution >= 4 is 0 Å². The zero-order valence-corrected chi connectivity index (χ0v) is 11.9. The highest BCUT2D eigenvalue weighted by molar-refractivity contribution is 5.27. The van der Waals surface area contributed by atoms with Gasteiger partial charge in [-0.1, -0.05) is 25.5 Å². The molecule has 1 saturated heterocycles. The predicted molar refractivity (Wildman–Crippen MR) is 79.0 cm³/mol. The lowest BCUT2D eigenvalue weighted by molar-refractivity contribution is 0.123. The molecule has 3 nitrogen and oxygen atoms in total. The first-order chi connectivity index (χ1) is 9.28. The van der Waals surface area contributed by atoms with Gasteiger partial charge in [-0.15, -0.1) is 0 Å². The average Bonchev–Trinajstić information content (AvgIpc) is 2.41. The number of hydrazine groups is 1. The first-order valence-corrected chi connectivity index (χ1v) is 7.54. The fourth-order valence-corrected chi connectivity index (χ4v) is 2.73. The lowest BCUT2D eigenvalue weighted by Crippen LogP contribution is -2.44. The standard InChI is InChI=1S/C16H26N2O/c1-2-3-9-17-18-10-7-14(8-11-18)12-15-5-4-6-16(19)13-15/h4-6,13-14,17,19H,2-3,7-12H2,1H3. The Bertz CT molecular complexity index is 373. The number of benzene rings is 1. The second kappa shape index (κ2) is 7.51. The van der Waals surface area contributed by atoms with E-state index in [1.807, 2.05) is 12.1 Å². The normalized spacial score (nSPS) is 17.7. The number of nitrogens with zero attached hydrogens (tertiary/aromatic N) is 1. The minimum Gasteiger partial charge on any atom is -0.508 e. The van der Waals surface area contributed by atoms with E-state index in [1.54, 1.807) is 6.07 Å². The van der Waals surface area contributed by atoms with Crippen molar-refractivity contribution in [2.24, 2.45) is 5.92 Å². The SMILES string of the molecule is CCCCNN1CCC(Cc2cccc(O)c2)CC1. The van der Waals surface area contributed by atoms with Crippen molar-refractivity contribution in [3.8, 4) is 5.75 Å². The van der Waals surface area contributed by atoms with E-state index in [9.17, 15) is 5.11 Å². The van der Waals surface area contributed by atoms with Crippen LogP contribution in [0, 0.1) is 5.92 Å². The Balaban J connectivity index is 1.71. The number of hydrogen-bond donors (Lipinski definition) is 2. The summed E-state index contributed by atoms with van der Waals surface area (Å²) in [5.41, 5.74) is 4.77. The van der Waals surface area contributed by atoms with Crippen molar-refractivity contribution in [3.63, 3.8) is 0 Å². The van der Waals surface area contributed by atoms with E-state index in [4.69, 9.17) is 0 Å². The van der Waals surface area contributed by atoms with Crippen LogP contribution in [0.15, 0.2) is 24.3 Å². The van der Waals surface area contributed by atoms with Crippen molar-refractivity contribution in [1.29, 1.82) is 0 Å². The Kier molecular flexibility index (Phi) is 5.67. The first-order valence-electron chi connectivity index (χ1n) is 7.54. The molecule has 19 heavy (non-hydrogen) atoms. The number of phenolic OH excluding ortho intramolecular Hbond substituents is 1. The topological polar surface area (TPSA) is 35.5 Å². The molecule has 0 saturated carbocycles. The van der Waals surface area contributed by atoms with Crippen molar-refractivity contribution in [3.05, 3.63) is 29.8 Å². The molecule has 0 radical (unpaired) electrons. The number of rotatable bonds is 6. The Morgan fingerprint density at radius 1 is 1.32 bits per heavy atom. The Morgan fingerprint density at radius 3 is 2.79 bits per heavy atom. The molecule has 0 aliphatic carbocycles. The Morgan fingerprint density at radius 2 is 2.11 bits per heavy atom. The fourth-order valence-electron chi connectivity index (χ4n) is 2.73. The molecule has 0 amide bonds. The van der Waals surface area contributed by atoms with Gasteiger partial charge in [-0.25, -0.2) is 5.01 Å². The van der Waals surface area contributed by atoms with Gasteiger partial charge in [-0.05, 0) is 49.3 Å². The van der Waals surface area contributed by atoms with Gasteiger partial charge in [0.2, 0.25) is 0 Å². The largest absolute Gasteiger partial charge is 0.508 e. The van der Waals surface area contributed by atoms with Crippen molar-refractivity contribution in [1.82, 2.24) is 10.4 Å². The Hall–Kier alpha value is -1.06. The zero-order valence-electron chi connectivity index (χ0n) is 11.9. The van der Waals surface area contributed by atoms with Crippen LogP contribution in [-0.2, 0) is 6.42 Å². The van der Waals surface area contributed by atoms with Gasteiger partial charge in [0.25, 0.3) is 0 Å². The van der Waals surface area contributed by atoms with Crippen LogP contribution in [-0.4, -0.2) is 29.7 Å². The van der Waals surface area contributed by atoms with Crippen LogP contribution in [0.5, 0.6) is 5.75 Å². The van der Waals surface area contributed by atoms with Gasteiger partial charge in [0.15, 0.2) is 0 Å². The molecule has 0 aromatic heterocycles. The monoisotopic (exact) mass is 262 g/mol. The maximum Gasteiger partial charge on any atom is 0.115 e. The molecule has 1 aromatic rings. The summed E-state index contributed by atoms with van der Waals surface area (Å²) in [5, 5.41) is 11.9. The van der Waals surface area contributed by atoms with Crippen molar-refractivity contribution < 1.29 is 5.11 Å². The number of piperidine rings is 1. The van der Waals surface area contributed by atoms with Gasteiger partial charge in [0.05, 0.1) is 0 Å². The van der Waals surface area contributed by atoms with Crippen LogP contribution in [0.25, 0.3) is 0 Å². The molecule has 2 N–H and O–H groups in total. The summed E-state index contributed by atoms with van der Waals surface area (Å²) in [6, 6.07) is 7.69. The maximum atomic E-state index is 9.49. The highest BCUT2D eigenvalue weighted by atomic mass is 16.3. The van der Waals surface area contributed by atoms with E-state index in [0.717, 1.165) is 32.0 Å². The summed E-state index contributed by atoms with van der Waals surface area (Å²) >= 11 is 0. The quantitative estimate of drug-likeness (QED) is 0.774. The number of hydrogen-bond acceptors (Lipinski definition) is 3. The highest BCUT2D eigenvalue weighted by Gasteiger charge is 2.19. The molecule has 1 fully saturated rings. The number of unbranched alkanes of at least 4 members (excludes halogenated alkanes) is 1. The van der Waals surface area contributed by atoms with Gasteiger partial charge in [0.1, 0.15) is 5.75 Å². The molecular weight excluding hydrogens is 236 g/mol. The molecule has 1 aromatic carbocycles. The fraction of sp³-hybridized carbons (Fsp3) is 0.625. The third-order valence-corrected chi connectivity index (χ3v) is 3.92. The molecular formula is C16H26N2O. The second-order valence-electron chi connectivity index (χ2n) is 5.57. The van der Waals surface area contributed by atoms with E-state index >= 15 is 0 Å². The zero-order chi connectivity index (χ0) is 13.5. The summed E-state index contributed by atoms with van der Waals surface area (Å²) < 4.78 is 0. The minimum atomic E-state index is 0.385. The molecule has 1 heterocycles. The van der Waals surface area contributed by atoms with Gasteiger partial charge in [-0.3, -0.25) is 5.43 Å². The van der Waals surface area contributed by atoms with E-state index in [-0.39, 0.29) is 0 Å². The summed E-state index contributed by atoms with van der Waals surface area (Å²) in [7, 11) is 0. The summed E-state index contributed by atoms with van der Waals surface area (Å²) in [4.78, 5) is 0. The van der Waals surface area contributed by atoms with Gasteiger partial charge < -0.3 is 5.11 Å². The third-order valence-electron chi connectivity index (χ3n) is 3.92. The van der Waals surface area contributed by atoms with Crippen LogP contribution in [0.4, 0.5) is 0 Å². The van der Waals surface area contributed by atoms with E-state index in [2.05, 4.69) is 23.4 Å². The summed E-state index contributed by atoms with van der Waals surface area (Å²) in [6.45, 7) is 5.62. The van der Waals surface area contributed by atoms with Crippen molar-refractivity contribution in [2.75, 3.05) is 19.6 Å². The summed E-state index contributed by atoms with van der Waals surface area (Å²) in [6.07, 6.45) is 6.09. The van der Waals surface area contributed by atoms with Crippen molar-refractivity contribution in [2.45, 2.75) is 39.0 Å². The molecule has 2 rings (SSSR count). The molecule has 0 atom stereocenters. The lowest BCUT2D eigenvalue weighted by atomic mass is 9.90. The van der Waals surface area contributed by atoms with E-state index in [0.29, 0.717) is 5.75 Å². The smallest absolute Gasteiger partial charge is 0.115 e. The van der Waals surface area contributed by atoms with Crippen LogP contribution in [0.2, 0.25) is 0 Å². The molecule has 1 aliphatic heterocycles. The maximum absolute atomic E-state index is 9.49. The van der Waals surface area contributed by atoms with E-state index in [1.165, 1.54) is 31.2 Å². The van der Waals surface area contributed by atoms with Gasteiger partial charge in [0, 0.05) is 19.6 Å². The van der Waals surface area contributed by atoms with Crippen LogP contribution in [0.1, 0.15) is 38.2 Å². The molecule has 1 aliphatic rings. The third kappa shape index (κ3) is 4.84. The molecule has 3 heteroatoms. The van der Waals surface area contributed by atoms with Crippen LogP contribution < -0.4 is 5.43 Å². The van der Waals surface area contributed by atoms with Gasteiger partial charge >= 0.3 is 0 Å². The second-order valence-corrected chi connectivity index (χ2v) is 5.57. The number of nitrogens with one attached hydrogen (secondary N) is 1. The first kappa shape index (κ1) is 14.4. The lowest BCUT2D eigenvalue weighted by Gasteiger charge is -2.32. The molecule has 106 valence electrons. The molecule has 0 unspecified atom stereocenters. The molecule has 0 bridgehead atoms. The highest BCUT2D eigenvalue weighted by Crippen LogP contribution is 2.22. The van der Waals surface area contributed by atoms with Gasteiger partial charge in [-0.2, -0.15) is 0 Å². The average molecular weight is 262 g/mol. The van der Waals surface area contributed by atoms with Crippen LogP contribution in [0.3, 0.4) is 0 Å². The van der Waals surface area contributed by atoms with Crippen LogP contribution >= 0.6 is 0 Å². The minimum absolute atomic E-state index is 0.385. The Labute approximate surface area is 116 Å². The molecule has 0 spiro atoms. The van der Waals surface area contributed by atoms with E-state index < -0.39 is 0 Å². The predicted octanol–water partition coefficient (Wildman–Crippen LogP) is 2.95. The summed E-state index contributed by atoms with van der Waals surface area (Å²) in [5.74, 6) is 1.14. The number of aromatic hydroxyl groups is 1. The number of phenols is 1.